The fraction of sp³-hybridized carbons (Fsp3) is 0.0417. The zero-order valence-corrected chi connectivity index (χ0v) is 16.9. The number of aromatic amines is 1. The van der Waals surface area contributed by atoms with Crippen molar-refractivity contribution in [3.63, 3.8) is 0 Å². The number of carbonyl (C=O) groups is 2. The second kappa shape index (κ2) is 8.73. The Labute approximate surface area is 182 Å². The van der Waals surface area contributed by atoms with Crippen molar-refractivity contribution in [2.75, 3.05) is 5.32 Å². The number of carbonyl (C=O) groups excluding carboxylic acids is 1. The smallest absolute Gasteiger partial charge is 0.337 e. The summed E-state index contributed by atoms with van der Waals surface area (Å²) in [5, 5.41) is 11.8. The average molecular weight is 431 g/mol. The van der Waals surface area contributed by atoms with Gasteiger partial charge in [-0.05, 0) is 55.0 Å². The van der Waals surface area contributed by atoms with Crippen LogP contribution in [0.15, 0.2) is 73.1 Å². The fourth-order valence-electron chi connectivity index (χ4n) is 3.06. The minimum atomic E-state index is -1.07. The number of ether oxygens (including phenoxy) is 1. The molecule has 4 aromatic rings. The number of hydrogen-bond donors (Lipinski definition) is 3. The summed E-state index contributed by atoms with van der Waals surface area (Å²) >= 11 is 0. The predicted octanol–water partition coefficient (Wildman–Crippen LogP) is 5.27. The molecule has 0 radical (unpaired) electrons. The molecule has 0 saturated carbocycles. The number of carboxylic acid groups (broad SMARTS) is 1. The summed E-state index contributed by atoms with van der Waals surface area (Å²) in [5.41, 5.74) is 2.84. The number of carboxylic acids is 1. The number of aromatic nitrogens is 2. The Hall–Kier alpha value is -4.46. The van der Waals surface area contributed by atoms with Crippen molar-refractivity contribution in [1.29, 1.82) is 0 Å². The zero-order chi connectivity index (χ0) is 22.7. The largest absolute Gasteiger partial charge is 0.478 e. The average Bonchev–Trinajstić information content (AvgIpc) is 3.26. The second-order valence-electron chi connectivity index (χ2n) is 7.05. The van der Waals surface area contributed by atoms with E-state index in [-0.39, 0.29) is 22.6 Å². The summed E-state index contributed by atoms with van der Waals surface area (Å²) in [4.78, 5) is 30.7. The van der Waals surface area contributed by atoms with Crippen molar-refractivity contribution in [2.45, 2.75) is 6.92 Å². The molecule has 3 N–H and O–H groups in total. The van der Waals surface area contributed by atoms with Crippen molar-refractivity contribution in [1.82, 2.24) is 9.97 Å². The van der Waals surface area contributed by atoms with E-state index in [4.69, 9.17) is 9.84 Å². The number of aromatic carboxylic acids is 1. The second-order valence-corrected chi connectivity index (χ2v) is 7.05. The van der Waals surface area contributed by atoms with Gasteiger partial charge in [0.1, 0.15) is 5.75 Å². The number of benzene rings is 2. The molecule has 0 aliphatic heterocycles. The summed E-state index contributed by atoms with van der Waals surface area (Å²) in [6, 6.07) is 15.7. The van der Waals surface area contributed by atoms with Crippen molar-refractivity contribution in [3.8, 4) is 22.9 Å². The van der Waals surface area contributed by atoms with Crippen LogP contribution in [0, 0.1) is 12.7 Å². The van der Waals surface area contributed by atoms with E-state index in [1.165, 1.54) is 42.7 Å². The Balaban J connectivity index is 1.55. The standard InChI is InChI=1S/C24H18FN3O4/c1-14-3-2-4-17(9-14)28-23(29)15-5-6-19(25)22(11-15)32-18-7-8-26-21(12-18)20-10-16(13-27-20)24(30)31/h2-13,27H,1H3,(H,28,29)(H,30,31). The molecule has 1 amide bonds. The van der Waals surface area contributed by atoms with Gasteiger partial charge in [-0.15, -0.1) is 0 Å². The molecular weight excluding hydrogens is 413 g/mol. The molecule has 0 bridgehead atoms. The van der Waals surface area contributed by atoms with Gasteiger partial charge in [-0.2, -0.15) is 0 Å². The lowest BCUT2D eigenvalue weighted by atomic mass is 10.1. The summed E-state index contributed by atoms with van der Waals surface area (Å²) in [6.45, 7) is 1.91. The monoisotopic (exact) mass is 431 g/mol. The van der Waals surface area contributed by atoms with Crippen LogP contribution in [0.4, 0.5) is 10.1 Å². The van der Waals surface area contributed by atoms with Gasteiger partial charge < -0.3 is 20.1 Å². The van der Waals surface area contributed by atoms with E-state index < -0.39 is 17.7 Å². The summed E-state index contributed by atoms with van der Waals surface area (Å²) in [5.74, 6) is -1.96. The SMILES string of the molecule is Cc1cccc(NC(=O)c2ccc(F)c(Oc3ccnc(-c4cc(C(=O)O)c[nH]4)c3)c2)c1. The van der Waals surface area contributed by atoms with Crippen LogP contribution in [0.5, 0.6) is 11.5 Å². The Bertz CT molecular complexity index is 1320. The van der Waals surface area contributed by atoms with Gasteiger partial charge in [-0.3, -0.25) is 9.78 Å². The highest BCUT2D eigenvalue weighted by molar-refractivity contribution is 6.04. The molecule has 0 atom stereocenters. The third-order valence-corrected chi connectivity index (χ3v) is 4.63. The molecule has 0 saturated heterocycles. The highest BCUT2D eigenvalue weighted by Gasteiger charge is 2.14. The van der Waals surface area contributed by atoms with E-state index in [9.17, 15) is 14.0 Å². The molecule has 160 valence electrons. The van der Waals surface area contributed by atoms with Crippen LogP contribution in [0.2, 0.25) is 0 Å². The number of nitrogens with zero attached hydrogens (tertiary/aromatic N) is 1. The molecule has 2 heterocycles. The molecule has 0 fully saturated rings. The number of anilines is 1. The number of pyridine rings is 1. The van der Waals surface area contributed by atoms with Crippen LogP contribution in [0.3, 0.4) is 0 Å². The lowest BCUT2D eigenvalue weighted by Gasteiger charge is -2.10. The summed E-state index contributed by atoms with van der Waals surface area (Å²) < 4.78 is 20.0. The highest BCUT2D eigenvalue weighted by Crippen LogP contribution is 2.28. The lowest BCUT2D eigenvalue weighted by Crippen LogP contribution is -2.12. The number of aryl methyl sites for hydroxylation is 1. The van der Waals surface area contributed by atoms with Crippen molar-refractivity contribution < 1.29 is 23.8 Å². The molecule has 32 heavy (non-hydrogen) atoms. The van der Waals surface area contributed by atoms with Crippen LogP contribution in [-0.2, 0) is 0 Å². The van der Waals surface area contributed by atoms with Crippen LogP contribution in [0.1, 0.15) is 26.3 Å². The lowest BCUT2D eigenvalue weighted by molar-refractivity contribution is 0.0697. The third-order valence-electron chi connectivity index (χ3n) is 4.63. The zero-order valence-electron chi connectivity index (χ0n) is 16.9. The van der Waals surface area contributed by atoms with E-state index in [1.807, 2.05) is 25.1 Å². The van der Waals surface area contributed by atoms with Crippen molar-refractivity contribution in [2.24, 2.45) is 0 Å². The molecule has 0 spiro atoms. The van der Waals surface area contributed by atoms with Crippen LogP contribution in [0.25, 0.3) is 11.4 Å². The molecule has 2 aromatic heterocycles. The Morgan fingerprint density at radius 3 is 2.66 bits per heavy atom. The van der Waals surface area contributed by atoms with E-state index in [2.05, 4.69) is 15.3 Å². The summed E-state index contributed by atoms with van der Waals surface area (Å²) in [7, 11) is 0. The third kappa shape index (κ3) is 4.65. The highest BCUT2D eigenvalue weighted by atomic mass is 19.1. The van der Waals surface area contributed by atoms with Crippen LogP contribution < -0.4 is 10.1 Å². The van der Waals surface area contributed by atoms with Crippen LogP contribution >= 0.6 is 0 Å². The quantitative estimate of drug-likeness (QED) is 0.386. The number of H-pyrrole nitrogens is 1. The van der Waals surface area contributed by atoms with Gasteiger partial charge in [0.25, 0.3) is 5.91 Å². The van der Waals surface area contributed by atoms with Gasteiger partial charge in [0.2, 0.25) is 0 Å². The molecule has 8 heteroatoms. The molecule has 2 aromatic carbocycles. The normalized spacial score (nSPS) is 10.6. The van der Waals surface area contributed by atoms with Gasteiger partial charge in [-0.1, -0.05) is 12.1 Å². The van der Waals surface area contributed by atoms with Gasteiger partial charge in [-0.25, -0.2) is 9.18 Å². The van der Waals surface area contributed by atoms with E-state index in [0.29, 0.717) is 17.1 Å². The van der Waals surface area contributed by atoms with Gasteiger partial charge in [0, 0.05) is 29.7 Å². The minimum Gasteiger partial charge on any atom is -0.478 e. The first-order valence-electron chi connectivity index (χ1n) is 9.62. The first-order chi connectivity index (χ1) is 15.4. The number of rotatable bonds is 6. The summed E-state index contributed by atoms with van der Waals surface area (Å²) in [6.07, 6.45) is 2.81. The Morgan fingerprint density at radius 1 is 1.06 bits per heavy atom. The van der Waals surface area contributed by atoms with Crippen molar-refractivity contribution >= 4 is 17.6 Å². The molecule has 0 aliphatic rings. The molecule has 0 unspecified atom stereocenters. The maximum Gasteiger partial charge on any atom is 0.337 e. The van der Waals surface area contributed by atoms with Gasteiger partial charge in [0.05, 0.1) is 17.0 Å². The first-order valence-corrected chi connectivity index (χ1v) is 9.62. The van der Waals surface area contributed by atoms with E-state index >= 15 is 0 Å². The number of nitrogens with one attached hydrogen (secondary N) is 2. The Kier molecular flexibility index (Phi) is 5.67. The fourth-order valence-corrected chi connectivity index (χ4v) is 3.06. The molecule has 0 aliphatic carbocycles. The topological polar surface area (TPSA) is 104 Å². The maximum atomic E-state index is 14.4. The van der Waals surface area contributed by atoms with E-state index in [1.54, 1.807) is 6.07 Å². The van der Waals surface area contributed by atoms with Gasteiger partial charge >= 0.3 is 5.97 Å². The number of halogens is 1. The maximum absolute atomic E-state index is 14.4. The number of amides is 1. The minimum absolute atomic E-state index is 0.0893. The molecular formula is C24H18FN3O4. The van der Waals surface area contributed by atoms with Crippen LogP contribution in [-0.4, -0.2) is 27.0 Å². The molecule has 7 nitrogen and oxygen atoms in total. The predicted molar refractivity (Wildman–Crippen MR) is 117 cm³/mol. The van der Waals surface area contributed by atoms with Crippen molar-refractivity contribution in [3.05, 3.63) is 95.6 Å². The molecule has 4 rings (SSSR count). The Morgan fingerprint density at radius 2 is 1.91 bits per heavy atom. The first kappa shape index (κ1) is 20.8. The number of hydrogen-bond acceptors (Lipinski definition) is 4. The van der Waals surface area contributed by atoms with Gasteiger partial charge in [0.15, 0.2) is 11.6 Å². The van der Waals surface area contributed by atoms with E-state index in [0.717, 1.165) is 11.6 Å².